The fraction of sp³-hybridized carbons (Fsp3) is 0.0323. The molecule has 16 rings (SSSR count). The Labute approximate surface area is 374 Å². The monoisotopic (exact) mass is 826 g/mol. The van der Waals surface area contributed by atoms with E-state index in [0.717, 1.165) is 27.6 Å². The van der Waals surface area contributed by atoms with Crippen LogP contribution in [-0.4, -0.2) is 9.13 Å². The second kappa shape index (κ2) is 13.1. The first-order valence-corrected chi connectivity index (χ1v) is 22.7. The lowest BCUT2D eigenvalue weighted by atomic mass is 9.58. The maximum atomic E-state index is 6.41. The molecule has 10 aromatic carbocycles. The molecule has 13 aromatic rings. The number of benzene rings is 10. The summed E-state index contributed by atoms with van der Waals surface area (Å²) < 4.78 is 11.2. The van der Waals surface area contributed by atoms with Gasteiger partial charge in [0.1, 0.15) is 11.2 Å². The molecule has 0 radical (unpaired) electrons. The van der Waals surface area contributed by atoms with Crippen LogP contribution in [0, 0.1) is 0 Å². The maximum Gasteiger partial charge on any atom is 0.137 e. The molecule has 0 saturated heterocycles. The van der Waals surface area contributed by atoms with Crippen LogP contribution < -0.4 is 0 Å². The zero-order chi connectivity index (χ0) is 42.3. The summed E-state index contributed by atoms with van der Waals surface area (Å²) in [7, 11) is 0. The van der Waals surface area contributed by atoms with Gasteiger partial charge in [-0.05, 0) is 122 Å². The predicted molar refractivity (Wildman–Crippen MR) is 268 cm³/mol. The number of nitrogens with zero attached hydrogens (tertiary/aromatic N) is 2. The lowest BCUT2D eigenvalue weighted by Crippen LogP contribution is -2.28. The Morgan fingerprint density at radius 1 is 0.292 bits per heavy atom. The molecule has 3 heteroatoms. The number of furan rings is 1. The lowest BCUT2D eigenvalue weighted by Gasteiger charge is -2.44. The average molecular weight is 827 g/mol. The molecule has 0 N–H and O–H groups in total. The molecule has 0 saturated carbocycles. The lowest BCUT2D eigenvalue weighted by molar-refractivity contribution is 0.668. The maximum absolute atomic E-state index is 6.41. The first kappa shape index (κ1) is 35.1. The van der Waals surface area contributed by atoms with Crippen molar-refractivity contribution in [1.29, 1.82) is 0 Å². The van der Waals surface area contributed by atoms with Crippen molar-refractivity contribution in [2.75, 3.05) is 0 Å². The Hall–Kier alpha value is -8.40. The molecule has 3 aromatic heterocycles. The molecular formula is C62H38N2O. The fourth-order valence-corrected chi connectivity index (χ4v) is 12.1. The molecular weight excluding hydrogens is 789 g/mol. The molecule has 3 nitrogen and oxygen atoms in total. The molecule has 3 aliphatic rings. The van der Waals surface area contributed by atoms with Crippen molar-refractivity contribution in [3.8, 4) is 33.6 Å². The van der Waals surface area contributed by atoms with Crippen LogP contribution in [0.25, 0.3) is 99.2 Å². The van der Waals surface area contributed by atoms with Crippen molar-refractivity contribution < 1.29 is 4.42 Å². The first-order chi connectivity index (χ1) is 32.3. The van der Waals surface area contributed by atoms with E-state index in [0.29, 0.717) is 0 Å². The Balaban J connectivity index is 0.968. The summed E-state index contributed by atoms with van der Waals surface area (Å²) in [5.74, 6) is 0.214. The van der Waals surface area contributed by atoms with Crippen LogP contribution in [0.15, 0.2) is 223 Å². The number of fused-ring (bicyclic) bond motifs is 9. The minimum Gasteiger partial charge on any atom is -0.456 e. The van der Waals surface area contributed by atoms with E-state index in [9.17, 15) is 0 Å². The molecule has 0 spiro atoms. The van der Waals surface area contributed by atoms with E-state index in [-0.39, 0.29) is 11.8 Å². The third-order valence-corrected chi connectivity index (χ3v) is 14.7. The standard InChI is InChI=1S/C62H38N2O/c1-2-14-39(15-3-1)63-53-23-11-8-16-43(53)51-34-37(26-32-55(51)63)41-30-31-42(62-60-49-21-6-4-19-47(49)59(61(41)62)48-20-5-7-22-50(48)60)38-27-33-56-52(35-38)44-17-9-12-24-54(44)64(56)40-28-29-46-45-18-10-13-25-57(45)65-58(46)36-40/h1-36,59-60H. The molecule has 0 atom stereocenters. The van der Waals surface area contributed by atoms with Crippen LogP contribution >= 0.6 is 0 Å². The van der Waals surface area contributed by atoms with Gasteiger partial charge in [0, 0.05) is 61.6 Å². The van der Waals surface area contributed by atoms with Gasteiger partial charge in [-0.1, -0.05) is 146 Å². The Bertz CT molecular complexity index is 4100. The van der Waals surface area contributed by atoms with Gasteiger partial charge in [0.25, 0.3) is 0 Å². The highest BCUT2D eigenvalue weighted by atomic mass is 16.3. The first-order valence-electron chi connectivity index (χ1n) is 22.7. The van der Waals surface area contributed by atoms with Gasteiger partial charge in [-0.25, -0.2) is 0 Å². The molecule has 0 aliphatic heterocycles. The predicted octanol–water partition coefficient (Wildman–Crippen LogP) is 16.1. The Morgan fingerprint density at radius 3 is 1.31 bits per heavy atom. The Kier molecular flexibility index (Phi) is 7.06. The second-order valence-corrected chi connectivity index (χ2v) is 17.9. The van der Waals surface area contributed by atoms with Crippen LogP contribution in [0.5, 0.6) is 0 Å². The fourth-order valence-electron chi connectivity index (χ4n) is 12.1. The van der Waals surface area contributed by atoms with Gasteiger partial charge in [0.15, 0.2) is 0 Å². The summed E-state index contributed by atoms with van der Waals surface area (Å²) in [6.45, 7) is 0. The van der Waals surface area contributed by atoms with Gasteiger partial charge in [-0.15, -0.1) is 0 Å². The summed E-state index contributed by atoms with van der Waals surface area (Å²) in [5, 5.41) is 7.29. The van der Waals surface area contributed by atoms with Gasteiger partial charge < -0.3 is 13.6 Å². The highest BCUT2D eigenvalue weighted by Gasteiger charge is 2.44. The minimum absolute atomic E-state index is 0.105. The van der Waals surface area contributed by atoms with E-state index in [1.807, 2.05) is 6.07 Å². The van der Waals surface area contributed by atoms with Gasteiger partial charge in [0.2, 0.25) is 0 Å². The number of hydrogen-bond donors (Lipinski definition) is 0. The summed E-state index contributed by atoms with van der Waals surface area (Å²) in [4.78, 5) is 0. The van der Waals surface area contributed by atoms with Gasteiger partial charge in [-0.2, -0.15) is 0 Å². The number of para-hydroxylation sites is 4. The number of aromatic nitrogens is 2. The zero-order valence-electron chi connectivity index (χ0n) is 35.2. The van der Waals surface area contributed by atoms with Crippen molar-refractivity contribution in [3.63, 3.8) is 0 Å². The van der Waals surface area contributed by atoms with E-state index in [2.05, 4.69) is 221 Å². The van der Waals surface area contributed by atoms with Crippen molar-refractivity contribution in [2.45, 2.75) is 11.8 Å². The third-order valence-electron chi connectivity index (χ3n) is 14.7. The van der Waals surface area contributed by atoms with Crippen LogP contribution in [0.3, 0.4) is 0 Å². The highest BCUT2D eigenvalue weighted by molar-refractivity contribution is 6.13. The summed E-state index contributed by atoms with van der Waals surface area (Å²) in [5.41, 5.74) is 22.5. The quantitative estimate of drug-likeness (QED) is 0.173. The van der Waals surface area contributed by atoms with Gasteiger partial charge in [0.05, 0.1) is 22.1 Å². The van der Waals surface area contributed by atoms with E-state index in [1.165, 1.54) is 105 Å². The molecule has 3 aliphatic carbocycles. The molecule has 65 heavy (non-hydrogen) atoms. The third kappa shape index (κ3) is 4.79. The highest BCUT2D eigenvalue weighted by Crippen LogP contribution is 2.60. The van der Waals surface area contributed by atoms with E-state index >= 15 is 0 Å². The van der Waals surface area contributed by atoms with Gasteiger partial charge >= 0.3 is 0 Å². The number of rotatable bonds is 4. The van der Waals surface area contributed by atoms with Crippen molar-refractivity contribution in [3.05, 3.63) is 252 Å². The molecule has 0 amide bonds. The summed E-state index contributed by atoms with van der Waals surface area (Å²) in [6, 6.07) is 81.0. The van der Waals surface area contributed by atoms with Crippen molar-refractivity contribution >= 4 is 65.6 Å². The topological polar surface area (TPSA) is 23.0 Å². The largest absolute Gasteiger partial charge is 0.456 e. The molecule has 0 fully saturated rings. The molecule has 302 valence electrons. The zero-order valence-corrected chi connectivity index (χ0v) is 35.2. The Morgan fingerprint density at radius 2 is 0.738 bits per heavy atom. The van der Waals surface area contributed by atoms with E-state index in [1.54, 1.807) is 0 Å². The van der Waals surface area contributed by atoms with E-state index in [4.69, 9.17) is 4.42 Å². The SMILES string of the molecule is c1ccc(-n2c3ccccc3c3cc(-c4ccc(-c5ccc6c(c5)c5ccccc5n6-c5ccc6c(c5)oc5ccccc56)c5c4C4c6ccccc6C5c5ccccc54)ccc32)cc1. The average Bonchev–Trinajstić information content (AvgIpc) is 4.03. The van der Waals surface area contributed by atoms with E-state index < -0.39 is 0 Å². The summed E-state index contributed by atoms with van der Waals surface area (Å²) in [6.07, 6.45) is 0. The number of hydrogen-bond acceptors (Lipinski definition) is 1. The van der Waals surface area contributed by atoms with Crippen LogP contribution in [-0.2, 0) is 0 Å². The van der Waals surface area contributed by atoms with Crippen LogP contribution in [0.1, 0.15) is 45.2 Å². The van der Waals surface area contributed by atoms with Crippen molar-refractivity contribution in [1.82, 2.24) is 9.13 Å². The molecule has 3 heterocycles. The molecule has 0 unspecified atom stereocenters. The molecule has 2 bridgehead atoms. The normalized spacial score (nSPS) is 15.1. The smallest absolute Gasteiger partial charge is 0.137 e. The minimum atomic E-state index is 0.105. The van der Waals surface area contributed by atoms with Gasteiger partial charge in [-0.3, -0.25) is 0 Å². The van der Waals surface area contributed by atoms with Crippen LogP contribution in [0.4, 0.5) is 0 Å². The van der Waals surface area contributed by atoms with Crippen LogP contribution in [0.2, 0.25) is 0 Å². The second-order valence-electron chi connectivity index (χ2n) is 17.9. The van der Waals surface area contributed by atoms with Crippen molar-refractivity contribution in [2.24, 2.45) is 0 Å². The summed E-state index contributed by atoms with van der Waals surface area (Å²) >= 11 is 0.